The molecule has 0 saturated heterocycles. The lowest BCUT2D eigenvalue weighted by molar-refractivity contribution is -0.121. The summed E-state index contributed by atoms with van der Waals surface area (Å²) in [6.45, 7) is -1.23. The van der Waals surface area contributed by atoms with Gasteiger partial charge in [0.25, 0.3) is 0 Å². The number of benzene rings is 2. The maximum Gasteiger partial charge on any atom is 0.163 e. The van der Waals surface area contributed by atoms with Gasteiger partial charge in [-0.2, -0.15) is 0 Å². The topological polar surface area (TPSA) is 157 Å². The first-order valence-corrected chi connectivity index (χ1v) is 11.0. The number of fused-ring (bicyclic) bond motifs is 1. The lowest BCUT2D eigenvalue weighted by atomic mass is 10.0. The fourth-order valence-corrected chi connectivity index (χ4v) is 3.61. The molecule has 0 unspecified atom stereocenters. The van der Waals surface area contributed by atoms with Crippen LogP contribution < -0.4 is 14.8 Å². The van der Waals surface area contributed by atoms with Crippen LogP contribution in [0.4, 0.5) is 11.5 Å². The highest BCUT2D eigenvalue weighted by molar-refractivity contribution is 6.49. The summed E-state index contributed by atoms with van der Waals surface area (Å²) >= 11 is 18.4. The highest BCUT2D eigenvalue weighted by Crippen LogP contribution is 2.39. The lowest BCUT2D eigenvalue weighted by Crippen LogP contribution is -2.47. The standard InChI is InChI=1S/C21H22Cl3N3O7/c1-33-15-4-9-12(5-16(15)34-7-14(30)20(32)19(31)13(29)6-28)25-8-26-21(9)27-11-3-2-10(22)17(23)18(11)24/h2-5,8,13-14,19-20,28-32H,6-7H2,1H3,(H,25,26,27)/t13-,14-,19+,20+/m1/s1. The number of nitrogens with zero attached hydrogens (tertiary/aromatic N) is 2. The average molecular weight is 535 g/mol. The van der Waals surface area contributed by atoms with Crippen molar-refractivity contribution >= 4 is 57.2 Å². The van der Waals surface area contributed by atoms with Gasteiger partial charge in [0.2, 0.25) is 0 Å². The first kappa shape index (κ1) is 26.5. The number of aliphatic hydroxyl groups excluding tert-OH is 5. The number of nitrogens with one attached hydrogen (secondary N) is 1. The molecule has 0 aliphatic heterocycles. The highest BCUT2D eigenvalue weighted by Gasteiger charge is 2.30. The fourth-order valence-electron chi connectivity index (χ4n) is 3.02. The van der Waals surface area contributed by atoms with Crippen LogP contribution in [0, 0.1) is 0 Å². The van der Waals surface area contributed by atoms with Crippen molar-refractivity contribution in [2.24, 2.45) is 0 Å². The van der Waals surface area contributed by atoms with Crippen LogP contribution in [0.3, 0.4) is 0 Å². The van der Waals surface area contributed by atoms with Crippen molar-refractivity contribution in [2.45, 2.75) is 24.4 Å². The number of ether oxygens (including phenoxy) is 2. The second-order valence-corrected chi connectivity index (χ2v) is 8.36. The van der Waals surface area contributed by atoms with Gasteiger partial charge in [-0.05, 0) is 18.2 Å². The van der Waals surface area contributed by atoms with Gasteiger partial charge in [-0.15, -0.1) is 0 Å². The third kappa shape index (κ3) is 5.73. The number of anilines is 2. The second-order valence-electron chi connectivity index (χ2n) is 7.20. The number of aliphatic hydroxyl groups is 5. The van der Waals surface area contributed by atoms with Crippen LogP contribution in [0.1, 0.15) is 0 Å². The summed E-state index contributed by atoms with van der Waals surface area (Å²) in [5, 5.41) is 52.5. The molecule has 0 fully saturated rings. The molecular weight excluding hydrogens is 513 g/mol. The Labute approximate surface area is 209 Å². The van der Waals surface area contributed by atoms with Crippen molar-refractivity contribution in [2.75, 3.05) is 25.6 Å². The Morgan fingerprint density at radius 1 is 0.941 bits per heavy atom. The summed E-state index contributed by atoms with van der Waals surface area (Å²) in [5.74, 6) is 0.852. The van der Waals surface area contributed by atoms with Crippen molar-refractivity contribution in [3.63, 3.8) is 0 Å². The summed E-state index contributed by atoms with van der Waals surface area (Å²) in [6, 6.07) is 6.37. The van der Waals surface area contributed by atoms with Gasteiger partial charge in [-0.1, -0.05) is 34.8 Å². The van der Waals surface area contributed by atoms with Crippen molar-refractivity contribution in [3.8, 4) is 11.5 Å². The van der Waals surface area contributed by atoms with Crippen molar-refractivity contribution in [3.05, 3.63) is 45.7 Å². The van der Waals surface area contributed by atoms with E-state index >= 15 is 0 Å². The molecule has 0 aliphatic rings. The van der Waals surface area contributed by atoms with E-state index in [0.717, 1.165) is 0 Å². The van der Waals surface area contributed by atoms with E-state index in [0.29, 0.717) is 27.4 Å². The van der Waals surface area contributed by atoms with Gasteiger partial charge in [0.1, 0.15) is 43.2 Å². The molecule has 6 N–H and O–H groups in total. The average Bonchev–Trinajstić information content (AvgIpc) is 2.85. The van der Waals surface area contributed by atoms with Crippen molar-refractivity contribution in [1.82, 2.24) is 9.97 Å². The van der Waals surface area contributed by atoms with Gasteiger partial charge in [-0.3, -0.25) is 0 Å². The lowest BCUT2D eigenvalue weighted by Gasteiger charge is -2.25. The SMILES string of the molecule is COc1cc2c(Nc3ccc(Cl)c(Cl)c3Cl)ncnc2cc1OC[C@@H](O)[C@H](O)[C@@H](O)[C@H](O)CO. The maximum atomic E-state index is 10.1. The van der Waals surface area contributed by atoms with Crippen LogP contribution in [-0.4, -0.2) is 80.2 Å². The zero-order valence-corrected chi connectivity index (χ0v) is 20.0. The second kappa shape index (κ2) is 11.5. The summed E-state index contributed by atoms with van der Waals surface area (Å²) in [5.41, 5.74) is 0.923. The number of halogens is 3. The summed E-state index contributed by atoms with van der Waals surface area (Å²) in [7, 11) is 1.41. The van der Waals surface area contributed by atoms with Crippen molar-refractivity contribution in [1.29, 1.82) is 0 Å². The van der Waals surface area contributed by atoms with Crippen LogP contribution >= 0.6 is 34.8 Å². The minimum atomic E-state index is -1.77. The van der Waals surface area contributed by atoms with Gasteiger partial charge < -0.3 is 40.3 Å². The molecule has 184 valence electrons. The third-order valence-electron chi connectivity index (χ3n) is 4.94. The van der Waals surface area contributed by atoms with E-state index in [4.69, 9.17) is 49.4 Å². The molecule has 3 aromatic rings. The monoisotopic (exact) mass is 533 g/mol. The van der Waals surface area contributed by atoms with Crippen molar-refractivity contribution < 1.29 is 35.0 Å². The Morgan fingerprint density at radius 2 is 1.65 bits per heavy atom. The predicted molar refractivity (Wildman–Crippen MR) is 127 cm³/mol. The largest absolute Gasteiger partial charge is 0.493 e. The minimum Gasteiger partial charge on any atom is -0.493 e. The quantitative estimate of drug-likeness (QED) is 0.213. The van der Waals surface area contributed by atoms with Gasteiger partial charge in [-0.25, -0.2) is 9.97 Å². The molecule has 0 saturated carbocycles. The van der Waals surface area contributed by atoms with E-state index in [-0.39, 0.29) is 21.5 Å². The van der Waals surface area contributed by atoms with Gasteiger partial charge in [0.05, 0.1) is 40.0 Å². The van der Waals surface area contributed by atoms with E-state index in [1.807, 2.05) is 0 Å². The van der Waals surface area contributed by atoms with E-state index in [1.54, 1.807) is 18.2 Å². The number of hydrogen-bond acceptors (Lipinski definition) is 10. The molecule has 0 bridgehead atoms. The van der Waals surface area contributed by atoms with E-state index in [1.165, 1.54) is 19.5 Å². The molecule has 0 radical (unpaired) electrons. The van der Waals surface area contributed by atoms with E-state index in [2.05, 4.69) is 15.3 Å². The number of rotatable bonds is 10. The third-order valence-corrected chi connectivity index (χ3v) is 6.24. The molecule has 13 heteroatoms. The van der Waals surface area contributed by atoms with Crippen LogP contribution in [0.2, 0.25) is 15.1 Å². The summed E-state index contributed by atoms with van der Waals surface area (Å²) in [4.78, 5) is 8.46. The smallest absolute Gasteiger partial charge is 0.163 e. The Morgan fingerprint density at radius 3 is 2.32 bits per heavy atom. The fraction of sp³-hybridized carbons (Fsp3) is 0.333. The van der Waals surface area contributed by atoms with Gasteiger partial charge in [0, 0.05) is 11.5 Å². The molecule has 34 heavy (non-hydrogen) atoms. The molecule has 2 aromatic carbocycles. The Bertz CT molecular complexity index is 1150. The van der Waals surface area contributed by atoms with Crippen LogP contribution in [-0.2, 0) is 0 Å². The predicted octanol–water partition coefficient (Wildman–Crippen LogP) is 2.16. The normalized spacial score (nSPS) is 15.0. The highest BCUT2D eigenvalue weighted by atomic mass is 35.5. The molecule has 0 spiro atoms. The molecular formula is C21H22Cl3N3O7. The van der Waals surface area contributed by atoms with Gasteiger partial charge >= 0.3 is 0 Å². The molecule has 10 nitrogen and oxygen atoms in total. The van der Waals surface area contributed by atoms with Crippen LogP contribution in [0.25, 0.3) is 10.9 Å². The summed E-state index contributed by atoms with van der Waals surface area (Å²) in [6.07, 6.45) is -5.40. The molecule has 4 atom stereocenters. The Balaban J connectivity index is 1.85. The maximum absolute atomic E-state index is 10.1. The number of hydrogen-bond donors (Lipinski definition) is 6. The first-order chi connectivity index (χ1) is 16.2. The number of methoxy groups -OCH3 is 1. The first-order valence-electron chi connectivity index (χ1n) is 9.87. The molecule has 3 rings (SSSR count). The zero-order chi connectivity index (χ0) is 25.0. The molecule has 1 heterocycles. The van der Waals surface area contributed by atoms with Crippen LogP contribution in [0.15, 0.2) is 30.6 Å². The van der Waals surface area contributed by atoms with E-state index in [9.17, 15) is 20.4 Å². The zero-order valence-electron chi connectivity index (χ0n) is 17.7. The van der Waals surface area contributed by atoms with Crippen LogP contribution in [0.5, 0.6) is 11.5 Å². The Hall–Kier alpha value is -2.15. The molecule has 1 aromatic heterocycles. The molecule has 0 aliphatic carbocycles. The Kier molecular flexibility index (Phi) is 8.96. The van der Waals surface area contributed by atoms with E-state index < -0.39 is 37.6 Å². The number of aromatic nitrogens is 2. The molecule has 0 amide bonds. The minimum absolute atomic E-state index is 0.190. The van der Waals surface area contributed by atoms with Gasteiger partial charge in [0.15, 0.2) is 11.5 Å². The summed E-state index contributed by atoms with van der Waals surface area (Å²) < 4.78 is 10.9.